The normalized spacial score (nSPS) is 11.8. The summed E-state index contributed by atoms with van der Waals surface area (Å²) in [4.78, 5) is 20.7. The highest BCUT2D eigenvalue weighted by atomic mass is 16.7. The van der Waals surface area contributed by atoms with Crippen LogP contribution in [-0.2, 0) is 6.42 Å². The molecule has 0 fully saturated rings. The number of aromatic nitrogens is 2. The lowest BCUT2D eigenvalue weighted by Crippen LogP contribution is -2.15. The van der Waals surface area contributed by atoms with Gasteiger partial charge in [0.15, 0.2) is 11.5 Å². The molecule has 0 spiro atoms. The van der Waals surface area contributed by atoms with E-state index < -0.39 is 0 Å². The number of rotatable bonds is 7. The summed E-state index contributed by atoms with van der Waals surface area (Å²) >= 11 is 0. The number of methoxy groups -OCH3 is 1. The minimum atomic E-state index is -0.329. The number of amides is 1. The molecule has 29 heavy (non-hydrogen) atoms. The number of fused-ring (bicyclic) bond motifs is 1. The summed E-state index contributed by atoms with van der Waals surface area (Å²) < 4.78 is 15.8. The van der Waals surface area contributed by atoms with Crippen molar-refractivity contribution < 1.29 is 19.0 Å². The van der Waals surface area contributed by atoms with Gasteiger partial charge in [-0.25, -0.2) is 9.97 Å². The molecule has 1 aliphatic rings. The molecule has 1 aromatic heterocycles. The molecule has 0 aliphatic carbocycles. The predicted molar refractivity (Wildman–Crippen MR) is 108 cm³/mol. The second-order valence-electron chi connectivity index (χ2n) is 6.34. The summed E-state index contributed by atoms with van der Waals surface area (Å²) in [5, 5.41) is 6.02. The maximum Gasteiger partial charge on any atom is 0.274 e. The van der Waals surface area contributed by atoms with E-state index in [2.05, 4.69) is 20.6 Å². The van der Waals surface area contributed by atoms with Gasteiger partial charge in [0.2, 0.25) is 6.79 Å². The Morgan fingerprint density at radius 2 is 1.90 bits per heavy atom. The molecule has 0 saturated heterocycles. The molecular formula is C21H20N4O4. The smallest absolute Gasteiger partial charge is 0.274 e. The van der Waals surface area contributed by atoms with Crippen molar-refractivity contribution in [3.63, 3.8) is 0 Å². The van der Waals surface area contributed by atoms with Crippen LogP contribution >= 0.6 is 0 Å². The molecule has 148 valence electrons. The Labute approximate surface area is 167 Å². The topological polar surface area (TPSA) is 94.6 Å². The van der Waals surface area contributed by atoms with Crippen molar-refractivity contribution in [1.29, 1.82) is 0 Å². The van der Waals surface area contributed by atoms with Crippen LogP contribution in [-0.4, -0.2) is 36.3 Å². The Balaban J connectivity index is 1.34. The molecule has 8 heteroatoms. The average Bonchev–Trinajstić information content (AvgIpc) is 3.22. The number of benzene rings is 2. The van der Waals surface area contributed by atoms with Crippen LogP contribution in [0.15, 0.2) is 54.9 Å². The fourth-order valence-corrected chi connectivity index (χ4v) is 2.87. The zero-order valence-corrected chi connectivity index (χ0v) is 15.8. The Morgan fingerprint density at radius 1 is 1.07 bits per heavy atom. The zero-order chi connectivity index (χ0) is 20.1. The summed E-state index contributed by atoms with van der Waals surface area (Å²) in [6, 6.07) is 14.7. The van der Waals surface area contributed by atoms with Crippen molar-refractivity contribution in [1.82, 2.24) is 9.97 Å². The lowest BCUT2D eigenvalue weighted by molar-refractivity contribution is 0.102. The Morgan fingerprint density at radius 3 is 2.72 bits per heavy atom. The van der Waals surface area contributed by atoms with Crippen LogP contribution in [0.1, 0.15) is 16.1 Å². The van der Waals surface area contributed by atoms with Crippen LogP contribution in [0, 0.1) is 0 Å². The lowest BCUT2D eigenvalue weighted by Gasteiger charge is -2.08. The third-order valence-corrected chi connectivity index (χ3v) is 4.41. The molecule has 0 unspecified atom stereocenters. The molecule has 3 aromatic rings. The fourth-order valence-electron chi connectivity index (χ4n) is 2.87. The number of hydrogen-bond acceptors (Lipinski definition) is 7. The van der Waals surface area contributed by atoms with E-state index in [9.17, 15) is 4.79 Å². The van der Waals surface area contributed by atoms with Crippen LogP contribution in [0.3, 0.4) is 0 Å². The van der Waals surface area contributed by atoms with Crippen LogP contribution in [0.25, 0.3) is 0 Å². The van der Waals surface area contributed by atoms with Gasteiger partial charge < -0.3 is 24.8 Å². The van der Waals surface area contributed by atoms with E-state index in [0.29, 0.717) is 29.5 Å². The highest BCUT2D eigenvalue weighted by Gasteiger charge is 2.15. The summed E-state index contributed by atoms with van der Waals surface area (Å²) in [5.41, 5.74) is 2.05. The Hall–Kier alpha value is -3.81. The maximum absolute atomic E-state index is 12.5. The fraction of sp³-hybridized carbons (Fsp3) is 0.190. The third-order valence-electron chi connectivity index (χ3n) is 4.41. The molecule has 0 saturated carbocycles. The van der Waals surface area contributed by atoms with Gasteiger partial charge in [-0.1, -0.05) is 12.1 Å². The minimum absolute atomic E-state index is 0.185. The van der Waals surface area contributed by atoms with E-state index in [4.69, 9.17) is 14.2 Å². The van der Waals surface area contributed by atoms with Crippen molar-refractivity contribution in [2.24, 2.45) is 0 Å². The van der Waals surface area contributed by atoms with E-state index in [-0.39, 0.29) is 18.4 Å². The second-order valence-corrected chi connectivity index (χ2v) is 6.34. The highest BCUT2D eigenvalue weighted by Crippen LogP contribution is 2.34. The first-order valence-corrected chi connectivity index (χ1v) is 9.11. The molecule has 2 heterocycles. The van der Waals surface area contributed by atoms with Crippen LogP contribution in [0.4, 0.5) is 11.5 Å². The van der Waals surface area contributed by atoms with Gasteiger partial charge in [-0.15, -0.1) is 0 Å². The van der Waals surface area contributed by atoms with Gasteiger partial charge in [-0.05, 0) is 36.2 Å². The molecule has 0 atom stereocenters. The molecule has 2 N–H and O–H groups in total. The van der Waals surface area contributed by atoms with Gasteiger partial charge in [0, 0.05) is 24.4 Å². The molecule has 4 rings (SSSR count). The summed E-state index contributed by atoms with van der Waals surface area (Å²) in [6.45, 7) is 0.858. The number of carbonyl (C=O) groups is 1. The number of anilines is 2. The van der Waals surface area contributed by atoms with Crippen molar-refractivity contribution >= 4 is 17.4 Å². The quantitative estimate of drug-likeness (QED) is 0.638. The number of carbonyl (C=O) groups excluding carboxylic acids is 1. The molecular weight excluding hydrogens is 372 g/mol. The summed E-state index contributed by atoms with van der Waals surface area (Å²) in [7, 11) is 1.64. The number of hydrogen-bond donors (Lipinski definition) is 2. The first-order valence-electron chi connectivity index (χ1n) is 9.11. The SMILES string of the molecule is COc1ccc(CCNc2cc(C(=O)Nc3ccc4c(c3)OCO4)ncn2)cc1. The van der Waals surface area contributed by atoms with Gasteiger partial charge in [-0.2, -0.15) is 0 Å². The Bertz CT molecular complexity index is 1010. The van der Waals surface area contributed by atoms with Gasteiger partial charge in [-0.3, -0.25) is 4.79 Å². The van der Waals surface area contributed by atoms with Crippen LogP contribution in [0.5, 0.6) is 17.2 Å². The molecule has 0 radical (unpaired) electrons. The third kappa shape index (κ3) is 4.55. The lowest BCUT2D eigenvalue weighted by atomic mass is 10.1. The monoisotopic (exact) mass is 392 g/mol. The predicted octanol–water partition coefficient (Wildman–Crippen LogP) is 3.12. The molecule has 2 aromatic carbocycles. The van der Waals surface area contributed by atoms with Crippen LogP contribution < -0.4 is 24.8 Å². The first-order chi connectivity index (χ1) is 14.2. The second kappa shape index (κ2) is 8.47. The highest BCUT2D eigenvalue weighted by molar-refractivity contribution is 6.03. The molecule has 1 aliphatic heterocycles. The van der Waals surface area contributed by atoms with Gasteiger partial charge >= 0.3 is 0 Å². The van der Waals surface area contributed by atoms with Gasteiger partial charge in [0.05, 0.1) is 7.11 Å². The van der Waals surface area contributed by atoms with Gasteiger partial charge in [0.25, 0.3) is 5.91 Å². The van der Waals surface area contributed by atoms with E-state index >= 15 is 0 Å². The van der Waals surface area contributed by atoms with Crippen molar-refractivity contribution in [2.75, 3.05) is 31.1 Å². The average molecular weight is 392 g/mol. The Kier molecular flexibility index (Phi) is 5.42. The van der Waals surface area contributed by atoms with E-state index in [1.807, 2.05) is 24.3 Å². The van der Waals surface area contributed by atoms with Crippen molar-refractivity contribution in [2.45, 2.75) is 6.42 Å². The van der Waals surface area contributed by atoms with Crippen molar-refractivity contribution in [3.05, 3.63) is 66.1 Å². The maximum atomic E-state index is 12.5. The van der Waals surface area contributed by atoms with Gasteiger partial charge in [0.1, 0.15) is 23.6 Å². The largest absolute Gasteiger partial charge is 0.497 e. The standard InChI is InChI=1S/C21H20N4O4/c1-27-16-5-2-14(3-6-16)8-9-22-20-11-17(23-12-24-20)21(26)25-15-4-7-18-19(10-15)29-13-28-18/h2-7,10-12H,8-9,13H2,1H3,(H,25,26)(H,22,23,24). The van der Waals surface area contributed by atoms with Crippen LogP contribution in [0.2, 0.25) is 0 Å². The number of ether oxygens (including phenoxy) is 3. The number of nitrogens with zero attached hydrogens (tertiary/aromatic N) is 2. The van der Waals surface area contributed by atoms with Crippen molar-refractivity contribution in [3.8, 4) is 17.2 Å². The minimum Gasteiger partial charge on any atom is -0.497 e. The summed E-state index contributed by atoms with van der Waals surface area (Å²) in [6.07, 6.45) is 2.18. The van der Waals surface area contributed by atoms with E-state index in [1.54, 1.807) is 31.4 Å². The molecule has 8 nitrogen and oxygen atoms in total. The zero-order valence-electron chi connectivity index (χ0n) is 15.8. The molecule has 1 amide bonds. The molecule has 0 bridgehead atoms. The number of nitrogens with one attached hydrogen (secondary N) is 2. The van der Waals surface area contributed by atoms with E-state index in [1.165, 1.54) is 11.9 Å². The summed E-state index contributed by atoms with van der Waals surface area (Å²) in [5.74, 6) is 2.35. The van der Waals surface area contributed by atoms with E-state index in [0.717, 1.165) is 12.2 Å². The first kappa shape index (κ1) is 18.5.